The van der Waals surface area contributed by atoms with E-state index in [1.165, 1.54) is 17.8 Å². The highest BCUT2D eigenvalue weighted by molar-refractivity contribution is 7.99. The normalized spacial score (nSPS) is 12.7. The quantitative estimate of drug-likeness (QED) is 0.898. The van der Waals surface area contributed by atoms with Gasteiger partial charge in [0.2, 0.25) is 0 Å². The Labute approximate surface area is 103 Å². The average molecular weight is 252 g/mol. The summed E-state index contributed by atoms with van der Waals surface area (Å²) in [4.78, 5) is 1.31. The molecule has 0 fully saturated rings. The van der Waals surface area contributed by atoms with Crippen molar-refractivity contribution in [3.8, 4) is 0 Å². The summed E-state index contributed by atoms with van der Waals surface area (Å²) < 4.78 is 18.9. The molecule has 0 aliphatic carbocycles. The standard InChI is InChI=1S/C13H13FO2S/c1-8(15)10-4-3-5-11(14)13(10)17-12-6-7-16-9(12)2/h3-8,15H,1-2H3/t8-/m1/s1. The topological polar surface area (TPSA) is 33.4 Å². The molecular formula is C13H13FO2S. The van der Waals surface area contributed by atoms with Crippen molar-refractivity contribution < 1.29 is 13.9 Å². The SMILES string of the molecule is Cc1occc1Sc1c(F)cccc1[C@@H](C)O. The number of benzene rings is 1. The lowest BCUT2D eigenvalue weighted by Gasteiger charge is -2.11. The van der Waals surface area contributed by atoms with Crippen LogP contribution in [0.3, 0.4) is 0 Å². The van der Waals surface area contributed by atoms with Gasteiger partial charge in [0.25, 0.3) is 0 Å². The molecule has 1 atom stereocenters. The summed E-state index contributed by atoms with van der Waals surface area (Å²) in [5, 5.41) is 9.62. The molecule has 0 aliphatic rings. The van der Waals surface area contributed by atoms with Crippen LogP contribution in [0, 0.1) is 12.7 Å². The number of aliphatic hydroxyl groups excluding tert-OH is 1. The summed E-state index contributed by atoms with van der Waals surface area (Å²) in [6, 6.07) is 6.51. The Morgan fingerprint density at radius 2 is 2.12 bits per heavy atom. The minimum absolute atomic E-state index is 0.325. The molecule has 1 aromatic carbocycles. The second-order valence-corrected chi connectivity index (χ2v) is 4.83. The van der Waals surface area contributed by atoms with Crippen molar-refractivity contribution in [2.45, 2.75) is 29.7 Å². The Hall–Kier alpha value is -1.26. The second kappa shape index (κ2) is 4.94. The number of aryl methyl sites for hydroxylation is 1. The monoisotopic (exact) mass is 252 g/mol. The molecule has 4 heteroatoms. The van der Waals surface area contributed by atoms with E-state index < -0.39 is 6.10 Å². The third kappa shape index (κ3) is 2.53. The second-order valence-electron chi connectivity index (χ2n) is 3.78. The van der Waals surface area contributed by atoms with Gasteiger partial charge in [-0.1, -0.05) is 23.9 Å². The summed E-state index contributed by atoms with van der Waals surface area (Å²) in [5.74, 6) is 0.420. The van der Waals surface area contributed by atoms with E-state index in [4.69, 9.17) is 4.42 Å². The predicted molar refractivity (Wildman–Crippen MR) is 64.6 cm³/mol. The fraction of sp³-hybridized carbons (Fsp3) is 0.231. The minimum atomic E-state index is -0.694. The molecule has 1 N–H and O–H groups in total. The Bertz CT molecular complexity index is 520. The van der Waals surface area contributed by atoms with Gasteiger partial charge in [-0.25, -0.2) is 4.39 Å². The zero-order valence-corrected chi connectivity index (χ0v) is 10.4. The fourth-order valence-electron chi connectivity index (χ4n) is 1.55. The largest absolute Gasteiger partial charge is 0.468 e. The van der Waals surface area contributed by atoms with Crippen LogP contribution in [0.4, 0.5) is 4.39 Å². The molecule has 2 nitrogen and oxygen atoms in total. The number of hydrogen-bond acceptors (Lipinski definition) is 3. The van der Waals surface area contributed by atoms with E-state index in [0.29, 0.717) is 10.5 Å². The number of aliphatic hydroxyl groups is 1. The van der Waals surface area contributed by atoms with Crippen LogP contribution >= 0.6 is 11.8 Å². The minimum Gasteiger partial charge on any atom is -0.468 e. The van der Waals surface area contributed by atoms with Crippen LogP contribution in [0.15, 0.2) is 44.7 Å². The summed E-state index contributed by atoms with van der Waals surface area (Å²) in [7, 11) is 0. The summed E-state index contributed by atoms with van der Waals surface area (Å²) >= 11 is 1.27. The molecule has 90 valence electrons. The lowest BCUT2D eigenvalue weighted by Crippen LogP contribution is -1.96. The molecule has 0 unspecified atom stereocenters. The van der Waals surface area contributed by atoms with Crippen molar-refractivity contribution >= 4 is 11.8 Å². The Morgan fingerprint density at radius 3 is 2.71 bits per heavy atom. The first-order valence-electron chi connectivity index (χ1n) is 5.28. The summed E-state index contributed by atoms with van der Waals surface area (Å²) in [5.41, 5.74) is 0.593. The number of halogens is 1. The van der Waals surface area contributed by atoms with E-state index in [1.807, 2.05) is 6.92 Å². The molecule has 0 saturated heterocycles. The highest BCUT2D eigenvalue weighted by Crippen LogP contribution is 2.37. The van der Waals surface area contributed by atoms with E-state index >= 15 is 0 Å². The van der Waals surface area contributed by atoms with Crippen LogP contribution in [0.5, 0.6) is 0 Å². The molecule has 17 heavy (non-hydrogen) atoms. The molecule has 0 amide bonds. The maximum Gasteiger partial charge on any atom is 0.137 e. The summed E-state index contributed by atoms with van der Waals surface area (Å²) in [6.45, 7) is 3.45. The zero-order valence-electron chi connectivity index (χ0n) is 9.61. The van der Waals surface area contributed by atoms with Gasteiger partial charge in [-0.05, 0) is 31.5 Å². The van der Waals surface area contributed by atoms with Gasteiger partial charge in [0.1, 0.15) is 11.6 Å². The van der Waals surface area contributed by atoms with Gasteiger partial charge in [-0.2, -0.15) is 0 Å². The Morgan fingerprint density at radius 1 is 1.35 bits per heavy atom. The molecule has 2 aromatic rings. The third-order valence-electron chi connectivity index (χ3n) is 2.47. The first-order valence-corrected chi connectivity index (χ1v) is 6.09. The first kappa shape index (κ1) is 12.2. The number of furan rings is 1. The maximum absolute atomic E-state index is 13.8. The molecular weight excluding hydrogens is 239 g/mol. The van der Waals surface area contributed by atoms with Gasteiger partial charge < -0.3 is 9.52 Å². The molecule has 0 radical (unpaired) electrons. The molecule has 0 bridgehead atoms. The van der Waals surface area contributed by atoms with Crippen LogP contribution in [-0.2, 0) is 0 Å². The summed E-state index contributed by atoms with van der Waals surface area (Å²) in [6.07, 6.45) is 0.876. The van der Waals surface area contributed by atoms with Crippen LogP contribution in [0.2, 0.25) is 0 Å². The predicted octanol–water partition coefficient (Wildman–Crippen LogP) is 3.93. The van der Waals surface area contributed by atoms with Gasteiger partial charge in [-0.3, -0.25) is 0 Å². The van der Waals surface area contributed by atoms with E-state index in [2.05, 4.69) is 0 Å². The van der Waals surface area contributed by atoms with Crippen LogP contribution in [0.1, 0.15) is 24.4 Å². The van der Waals surface area contributed by atoms with E-state index in [0.717, 1.165) is 10.7 Å². The van der Waals surface area contributed by atoms with E-state index in [1.54, 1.807) is 31.4 Å². The molecule has 0 spiro atoms. The molecule has 1 heterocycles. The molecule has 2 rings (SSSR count). The first-order chi connectivity index (χ1) is 8.09. The molecule has 0 aliphatic heterocycles. The van der Waals surface area contributed by atoms with Crippen LogP contribution in [-0.4, -0.2) is 5.11 Å². The van der Waals surface area contributed by atoms with E-state index in [9.17, 15) is 9.50 Å². The van der Waals surface area contributed by atoms with Gasteiger partial charge >= 0.3 is 0 Å². The zero-order chi connectivity index (χ0) is 12.4. The Kier molecular flexibility index (Phi) is 3.54. The third-order valence-corrected chi connectivity index (χ3v) is 3.75. The van der Waals surface area contributed by atoms with Crippen molar-refractivity contribution in [1.82, 2.24) is 0 Å². The highest BCUT2D eigenvalue weighted by atomic mass is 32.2. The van der Waals surface area contributed by atoms with Crippen molar-refractivity contribution in [3.05, 3.63) is 47.7 Å². The van der Waals surface area contributed by atoms with Crippen molar-refractivity contribution in [2.24, 2.45) is 0 Å². The highest BCUT2D eigenvalue weighted by Gasteiger charge is 2.15. The van der Waals surface area contributed by atoms with Crippen LogP contribution < -0.4 is 0 Å². The van der Waals surface area contributed by atoms with Gasteiger partial charge in [-0.15, -0.1) is 0 Å². The van der Waals surface area contributed by atoms with Crippen LogP contribution in [0.25, 0.3) is 0 Å². The average Bonchev–Trinajstić information content (AvgIpc) is 2.67. The van der Waals surface area contributed by atoms with E-state index in [-0.39, 0.29) is 5.82 Å². The lowest BCUT2D eigenvalue weighted by molar-refractivity contribution is 0.195. The lowest BCUT2D eigenvalue weighted by atomic mass is 10.1. The van der Waals surface area contributed by atoms with Gasteiger partial charge in [0.15, 0.2) is 0 Å². The maximum atomic E-state index is 13.8. The van der Waals surface area contributed by atoms with Crippen molar-refractivity contribution in [3.63, 3.8) is 0 Å². The van der Waals surface area contributed by atoms with Gasteiger partial charge in [0, 0.05) is 0 Å². The van der Waals surface area contributed by atoms with Crippen molar-refractivity contribution in [2.75, 3.05) is 0 Å². The van der Waals surface area contributed by atoms with Gasteiger partial charge in [0.05, 0.1) is 22.2 Å². The van der Waals surface area contributed by atoms with Crippen molar-refractivity contribution in [1.29, 1.82) is 0 Å². The molecule has 0 saturated carbocycles. The molecule has 1 aromatic heterocycles. The number of rotatable bonds is 3. The Balaban J connectivity index is 2.41. The fourth-order valence-corrected chi connectivity index (χ4v) is 2.61. The number of hydrogen-bond donors (Lipinski definition) is 1. The smallest absolute Gasteiger partial charge is 0.137 e.